The first-order valence-electron chi connectivity index (χ1n) is 6.82. The molecule has 1 saturated carbocycles. The number of methoxy groups -OCH3 is 1. The molecule has 0 atom stereocenters. The van der Waals surface area contributed by atoms with Crippen molar-refractivity contribution >= 4 is 5.97 Å². The van der Waals surface area contributed by atoms with Gasteiger partial charge in [-0.2, -0.15) is 0 Å². The Bertz CT molecular complexity index is 517. The summed E-state index contributed by atoms with van der Waals surface area (Å²) < 4.78 is 16.2. The van der Waals surface area contributed by atoms with Gasteiger partial charge >= 0.3 is 5.97 Å². The number of carbonyl (C=O) groups is 1. The number of benzene rings is 1. The van der Waals surface area contributed by atoms with Crippen molar-refractivity contribution in [3.63, 3.8) is 0 Å². The minimum absolute atomic E-state index is 0.0619. The van der Waals surface area contributed by atoms with Crippen LogP contribution in [0.1, 0.15) is 24.8 Å². The highest BCUT2D eigenvalue weighted by atomic mass is 16.6. The van der Waals surface area contributed by atoms with Gasteiger partial charge in [-0.05, 0) is 30.5 Å². The molecule has 0 spiro atoms. The summed E-state index contributed by atoms with van der Waals surface area (Å²) in [5, 5.41) is 9.47. The average Bonchev–Trinajstić information content (AvgIpc) is 2.32. The van der Waals surface area contributed by atoms with Crippen molar-refractivity contribution in [2.75, 3.05) is 20.3 Å². The monoisotopic (exact) mass is 278 g/mol. The van der Waals surface area contributed by atoms with E-state index in [1.807, 2.05) is 6.07 Å². The molecule has 3 rings (SSSR count). The van der Waals surface area contributed by atoms with Gasteiger partial charge in [-0.3, -0.25) is 4.79 Å². The van der Waals surface area contributed by atoms with E-state index in [9.17, 15) is 9.90 Å². The van der Waals surface area contributed by atoms with Crippen molar-refractivity contribution in [2.24, 2.45) is 0 Å². The molecule has 20 heavy (non-hydrogen) atoms. The molecule has 2 fully saturated rings. The largest absolute Gasteiger partial charge is 0.493 e. The van der Waals surface area contributed by atoms with Crippen LogP contribution in [0.3, 0.4) is 0 Å². The summed E-state index contributed by atoms with van der Waals surface area (Å²) >= 11 is 0. The van der Waals surface area contributed by atoms with Crippen molar-refractivity contribution in [1.29, 1.82) is 0 Å². The Morgan fingerprint density at radius 3 is 2.55 bits per heavy atom. The molecule has 1 aliphatic carbocycles. The highest BCUT2D eigenvalue weighted by Crippen LogP contribution is 2.46. The molecular formula is C15H18O5. The third kappa shape index (κ3) is 2.02. The zero-order valence-corrected chi connectivity index (χ0v) is 11.4. The summed E-state index contributed by atoms with van der Waals surface area (Å²) in [7, 11) is 1.57. The maximum atomic E-state index is 11.5. The van der Waals surface area contributed by atoms with Crippen LogP contribution >= 0.6 is 0 Å². The number of hydrogen-bond acceptors (Lipinski definition) is 4. The van der Waals surface area contributed by atoms with E-state index >= 15 is 0 Å². The Morgan fingerprint density at radius 1 is 1.35 bits per heavy atom. The smallest absolute Gasteiger partial charge is 0.314 e. The van der Waals surface area contributed by atoms with Gasteiger partial charge in [0.2, 0.25) is 0 Å². The summed E-state index contributed by atoms with van der Waals surface area (Å²) in [6.07, 6.45) is 2.38. The molecule has 0 unspecified atom stereocenters. The van der Waals surface area contributed by atoms with Gasteiger partial charge in [-0.1, -0.05) is 12.5 Å². The first-order chi connectivity index (χ1) is 9.65. The average molecular weight is 278 g/mol. The fourth-order valence-electron chi connectivity index (χ4n) is 2.68. The third-order valence-corrected chi connectivity index (χ3v) is 4.23. The molecule has 0 radical (unpaired) electrons. The van der Waals surface area contributed by atoms with Gasteiger partial charge in [0.25, 0.3) is 0 Å². The van der Waals surface area contributed by atoms with E-state index in [4.69, 9.17) is 14.2 Å². The zero-order valence-electron chi connectivity index (χ0n) is 11.4. The van der Waals surface area contributed by atoms with Gasteiger partial charge in [0.05, 0.1) is 25.7 Å². The molecule has 0 bridgehead atoms. The van der Waals surface area contributed by atoms with Crippen LogP contribution in [0, 0.1) is 0 Å². The molecule has 1 N–H and O–H groups in total. The quantitative estimate of drug-likeness (QED) is 0.892. The highest BCUT2D eigenvalue weighted by Gasteiger charge is 2.46. The maximum absolute atomic E-state index is 11.5. The van der Waals surface area contributed by atoms with Crippen LogP contribution in [0.15, 0.2) is 18.2 Å². The normalized spacial score (nSPS) is 20.6. The van der Waals surface area contributed by atoms with Crippen molar-refractivity contribution < 1.29 is 24.1 Å². The standard InChI is InChI=1S/C15H18O5/c1-18-13-7-10(15(14(16)17)5-2-6-15)3-4-12(13)20-11-8-19-9-11/h3-4,7,11H,2,5-6,8-9H2,1H3,(H,16,17). The van der Waals surface area contributed by atoms with E-state index in [1.165, 1.54) is 0 Å². The molecule has 1 aliphatic heterocycles. The lowest BCUT2D eigenvalue weighted by molar-refractivity contribution is -0.147. The Kier molecular flexibility index (Phi) is 3.30. The first kappa shape index (κ1) is 13.2. The summed E-state index contributed by atoms with van der Waals surface area (Å²) in [5.74, 6) is 0.471. The van der Waals surface area contributed by atoms with Crippen LogP contribution in [-0.4, -0.2) is 37.5 Å². The second kappa shape index (κ2) is 4.98. The van der Waals surface area contributed by atoms with Gasteiger partial charge in [0, 0.05) is 0 Å². The summed E-state index contributed by atoms with van der Waals surface area (Å²) in [4.78, 5) is 11.5. The number of carboxylic acid groups (broad SMARTS) is 1. The third-order valence-electron chi connectivity index (χ3n) is 4.23. The molecule has 108 valence electrons. The lowest BCUT2D eigenvalue weighted by Gasteiger charge is -2.38. The van der Waals surface area contributed by atoms with E-state index in [-0.39, 0.29) is 6.10 Å². The van der Waals surface area contributed by atoms with E-state index < -0.39 is 11.4 Å². The van der Waals surface area contributed by atoms with Gasteiger partial charge in [0.15, 0.2) is 11.5 Å². The van der Waals surface area contributed by atoms with E-state index in [0.29, 0.717) is 37.6 Å². The lowest BCUT2D eigenvalue weighted by atomic mass is 9.64. The van der Waals surface area contributed by atoms with Gasteiger partial charge in [-0.25, -0.2) is 0 Å². The number of aliphatic carboxylic acids is 1. The SMILES string of the molecule is COc1cc(C2(C(=O)O)CCC2)ccc1OC1COC1. The molecule has 5 nitrogen and oxygen atoms in total. The summed E-state index contributed by atoms with van der Waals surface area (Å²) in [6.45, 7) is 1.17. The molecule has 2 aliphatic rings. The minimum atomic E-state index is -0.758. The van der Waals surface area contributed by atoms with E-state index in [0.717, 1.165) is 12.0 Å². The fourth-order valence-corrected chi connectivity index (χ4v) is 2.68. The second-order valence-electron chi connectivity index (χ2n) is 5.38. The van der Waals surface area contributed by atoms with Crippen LogP contribution in [-0.2, 0) is 14.9 Å². The van der Waals surface area contributed by atoms with Crippen LogP contribution in [0.25, 0.3) is 0 Å². The number of carboxylic acids is 1. The summed E-state index contributed by atoms with van der Waals surface area (Å²) in [5.41, 5.74) is 0.0519. The topological polar surface area (TPSA) is 65.0 Å². The van der Waals surface area contributed by atoms with Crippen molar-refractivity contribution in [1.82, 2.24) is 0 Å². The molecule has 1 saturated heterocycles. The van der Waals surface area contributed by atoms with Crippen LogP contribution in [0.2, 0.25) is 0 Å². The Hall–Kier alpha value is -1.75. The molecule has 1 heterocycles. The van der Waals surface area contributed by atoms with Gasteiger partial charge < -0.3 is 19.3 Å². The predicted octanol–water partition coefficient (Wildman–Crippen LogP) is 1.98. The van der Waals surface area contributed by atoms with Crippen molar-refractivity contribution in [3.8, 4) is 11.5 Å². The van der Waals surface area contributed by atoms with Gasteiger partial charge in [-0.15, -0.1) is 0 Å². The molecule has 0 aromatic heterocycles. The van der Waals surface area contributed by atoms with Crippen LogP contribution < -0.4 is 9.47 Å². The van der Waals surface area contributed by atoms with Crippen molar-refractivity contribution in [3.05, 3.63) is 23.8 Å². The zero-order chi connectivity index (χ0) is 14.2. The van der Waals surface area contributed by atoms with E-state index in [2.05, 4.69) is 0 Å². The molecule has 5 heteroatoms. The molecular weight excluding hydrogens is 260 g/mol. The van der Waals surface area contributed by atoms with Gasteiger partial charge in [0.1, 0.15) is 6.10 Å². The van der Waals surface area contributed by atoms with E-state index in [1.54, 1.807) is 19.2 Å². The first-order valence-corrected chi connectivity index (χ1v) is 6.82. The Labute approximate surface area is 117 Å². The minimum Gasteiger partial charge on any atom is -0.493 e. The highest BCUT2D eigenvalue weighted by molar-refractivity contribution is 5.83. The lowest BCUT2D eigenvalue weighted by Crippen LogP contribution is -2.42. The number of hydrogen-bond donors (Lipinski definition) is 1. The second-order valence-corrected chi connectivity index (χ2v) is 5.38. The predicted molar refractivity (Wildman–Crippen MR) is 71.4 cm³/mol. The maximum Gasteiger partial charge on any atom is 0.314 e. The van der Waals surface area contributed by atoms with Crippen molar-refractivity contribution in [2.45, 2.75) is 30.8 Å². The Morgan fingerprint density at radius 2 is 2.10 bits per heavy atom. The fraction of sp³-hybridized carbons (Fsp3) is 0.533. The Balaban J connectivity index is 1.88. The molecule has 0 amide bonds. The molecule has 1 aromatic rings. The van der Waals surface area contributed by atoms with Crippen LogP contribution in [0.5, 0.6) is 11.5 Å². The van der Waals surface area contributed by atoms with Crippen LogP contribution in [0.4, 0.5) is 0 Å². The number of ether oxygens (including phenoxy) is 3. The molecule has 1 aromatic carbocycles. The summed E-state index contributed by atoms with van der Waals surface area (Å²) in [6, 6.07) is 5.43. The number of rotatable bonds is 5.